The number of amides is 1. The summed E-state index contributed by atoms with van der Waals surface area (Å²) in [5.41, 5.74) is 2.39. The summed E-state index contributed by atoms with van der Waals surface area (Å²) in [6.07, 6.45) is 4.02. The summed E-state index contributed by atoms with van der Waals surface area (Å²) in [6, 6.07) is 4.47. The largest absolute Gasteiger partial charge is 0.439 e. The van der Waals surface area contributed by atoms with E-state index in [2.05, 4.69) is 15.3 Å². The number of oxazole rings is 1. The van der Waals surface area contributed by atoms with Crippen LogP contribution in [0.5, 0.6) is 0 Å². The number of fused-ring (bicyclic) bond motifs is 1. The summed E-state index contributed by atoms with van der Waals surface area (Å²) >= 11 is 0. The summed E-state index contributed by atoms with van der Waals surface area (Å²) in [5.74, 6) is -0.845. The van der Waals surface area contributed by atoms with Gasteiger partial charge in [-0.2, -0.15) is 0 Å². The third-order valence-electron chi connectivity index (χ3n) is 2.78. The molecule has 2 heterocycles. The standard InChI is InChI=1S/C13H10FN5O3/c14-9-2-1-3-10-13(9)15-12(22-10)7-19-6-8(16-18-19)4-5-11(20)17-21/h1-6,21H,7H2,(H,17,20)/b5-4+. The SMILES string of the molecule is O=C(/C=C/c1cn(Cc2nc3c(F)cccc3o2)nn1)NO. The van der Waals surface area contributed by atoms with Crippen LogP contribution in [0.15, 0.2) is 34.9 Å². The van der Waals surface area contributed by atoms with E-state index < -0.39 is 11.7 Å². The summed E-state index contributed by atoms with van der Waals surface area (Å²) < 4.78 is 20.4. The Hall–Kier alpha value is -3.07. The third-order valence-corrected chi connectivity index (χ3v) is 2.78. The molecule has 0 aliphatic carbocycles. The van der Waals surface area contributed by atoms with E-state index in [-0.39, 0.29) is 18.0 Å². The van der Waals surface area contributed by atoms with Crippen LogP contribution in [0.1, 0.15) is 11.6 Å². The lowest BCUT2D eigenvalue weighted by molar-refractivity contribution is -0.124. The van der Waals surface area contributed by atoms with Gasteiger partial charge >= 0.3 is 0 Å². The first-order valence-corrected chi connectivity index (χ1v) is 6.22. The molecule has 0 aliphatic rings. The van der Waals surface area contributed by atoms with Gasteiger partial charge < -0.3 is 4.42 Å². The maximum absolute atomic E-state index is 13.5. The highest BCUT2D eigenvalue weighted by Crippen LogP contribution is 2.18. The molecule has 2 N–H and O–H groups in total. The molecular weight excluding hydrogens is 293 g/mol. The molecule has 22 heavy (non-hydrogen) atoms. The molecule has 0 spiro atoms. The Bertz CT molecular complexity index is 854. The van der Waals surface area contributed by atoms with E-state index in [9.17, 15) is 9.18 Å². The second-order valence-corrected chi connectivity index (χ2v) is 4.34. The summed E-state index contributed by atoms with van der Waals surface area (Å²) in [6.45, 7) is 0.168. The Kier molecular flexibility index (Phi) is 3.62. The number of hydrogen-bond acceptors (Lipinski definition) is 6. The van der Waals surface area contributed by atoms with Gasteiger partial charge in [0.2, 0.25) is 5.89 Å². The average molecular weight is 303 g/mol. The quantitative estimate of drug-likeness (QED) is 0.425. The highest BCUT2D eigenvalue weighted by atomic mass is 19.1. The molecule has 8 nitrogen and oxygen atoms in total. The Labute approximate surface area is 122 Å². The highest BCUT2D eigenvalue weighted by molar-refractivity contribution is 5.90. The highest BCUT2D eigenvalue weighted by Gasteiger charge is 2.10. The van der Waals surface area contributed by atoms with Gasteiger partial charge in [-0.25, -0.2) is 19.5 Å². The van der Waals surface area contributed by atoms with Crippen LogP contribution in [0.3, 0.4) is 0 Å². The maximum Gasteiger partial charge on any atom is 0.267 e. The molecule has 0 atom stereocenters. The first-order valence-electron chi connectivity index (χ1n) is 6.22. The van der Waals surface area contributed by atoms with Crippen molar-refractivity contribution >= 4 is 23.1 Å². The monoisotopic (exact) mass is 303 g/mol. The minimum absolute atomic E-state index is 0.164. The molecule has 1 amide bonds. The molecule has 3 aromatic rings. The zero-order chi connectivity index (χ0) is 15.5. The number of para-hydroxylation sites is 1. The number of nitrogens with zero attached hydrogens (tertiary/aromatic N) is 4. The van der Waals surface area contributed by atoms with Crippen LogP contribution in [0.25, 0.3) is 17.2 Å². The third kappa shape index (κ3) is 2.83. The smallest absolute Gasteiger partial charge is 0.267 e. The Balaban J connectivity index is 1.78. The molecule has 0 saturated carbocycles. The second-order valence-electron chi connectivity index (χ2n) is 4.34. The lowest BCUT2D eigenvalue weighted by Gasteiger charge is -1.92. The Morgan fingerprint density at radius 2 is 2.36 bits per heavy atom. The molecule has 0 fully saturated rings. The fourth-order valence-electron chi connectivity index (χ4n) is 1.83. The molecule has 2 aromatic heterocycles. The van der Waals surface area contributed by atoms with Crippen molar-refractivity contribution in [2.45, 2.75) is 6.54 Å². The van der Waals surface area contributed by atoms with Crippen LogP contribution in [-0.4, -0.2) is 31.1 Å². The molecule has 3 rings (SSSR count). The lowest BCUT2D eigenvalue weighted by Crippen LogP contribution is -2.14. The van der Waals surface area contributed by atoms with Crippen LogP contribution in [0.4, 0.5) is 4.39 Å². The Morgan fingerprint density at radius 1 is 1.50 bits per heavy atom. The molecule has 0 aliphatic heterocycles. The van der Waals surface area contributed by atoms with E-state index in [1.54, 1.807) is 12.3 Å². The lowest BCUT2D eigenvalue weighted by atomic mass is 10.3. The Morgan fingerprint density at radius 3 is 3.14 bits per heavy atom. The van der Waals surface area contributed by atoms with Crippen LogP contribution in [0.2, 0.25) is 0 Å². The molecule has 0 bridgehead atoms. The second kappa shape index (κ2) is 5.74. The molecule has 112 valence electrons. The van der Waals surface area contributed by atoms with E-state index in [0.717, 1.165) is 6.08 Å². The minimum Gasteiger partial charge on any atom is -0.439 e. The maximum atomic E-state index is 13.5. The first kappa shape index (κ1) is 13.9. The normalized spacial score (nSPS) is 11.4. The van der Waals surface area contributed by atoms with E-state index in [1.165, 1.54) is 28.4 Å². The van der Waals surface area contributed by atoms with Crippen LogP contribution in [0, 0.1) is 5.82 Å². The topological polar surface area (TPSA) is 106 Å². The zero-order valence-corrected chi connectivity index (χ0v) is 11.1. The number of aromatic nitrogens is 4. The number of halogens is 1. The van der Waals surface area contributed by atoms with Gasteiger partial charge in [-0.15, -0.1) is 5.10 Å². The van der Waals surface area contributed by atoms with E-state index in [0.29, 0.717) is 11.3 Å². The van der Waals surface area contributed by atoms with Gasteiger partial charge in [-0.3, -0.25) is 10.0 Å². The van der Waals surface area contributed by atoms with Crippen LogP contribution >= 0.6 is 0 Å². The minimum atomic E-state index is -0.677. The van der Waals surface area contributed by atoms with E-state index in [1.807, 2.05) is 0 Å². The van der Waals surface area contributed by atoms with Gasteiger partial charge in [0.15, 0.2) is 11.4 Å². The molecule has 0 radical (unpaired) electrons. The van der Waals surface area contributed by atoms with Crippen molar-refractivity contribution in [3.05, 3.63) is 47.9 Å². The summed E-state index contributed by atoms with van der Waals surface area (Å²) in [4.78, 5) is 14.9. The van der Waals surface area contributed by atoms with Crippen molar-refractivity contribution < 1.29 is 18.8 Å². The molecule has 1 aromatic carbocycles. The van der Waals surface area contributed by atoms with E-state index >= 15 is 0 Å². The number of hydroxylamine groups is 1. The van der Waals surface area contributed by atoms with Crippen molar-refractivity contribution in [1.82, 2.24) is 25.5 Å². The zero-order valence-electron chi connectivity index (χ0n) is 11.1. The van der Waals surface area contributed by atoms with Gasteiger partial charge in [-0.1, -0.05) is 11.3 Å². The summed E-state index contributed by atoms with van der Waals surface area (Å²) in [5, 5.41) is 16.0. The van der Waals surface area contributed by atoms with Gasteiger partial charge in [0.1, 0.15) is 17.8 Å². The predicted molar refractivity (Wildman–Crippen MR) is 72.1 cm³/mol. The van der Waals surface area contributed by atoms with Gasteiger partial charge in [0, 0.05) is 6.08 Å². The van der Waals surface area contributed by atoms with Crippen LogP contribution < -0.4 is 5.48 Å². The number of benzene rings is 1. The van der Waals surface area contributed by atoms with Crippen LogP contribution in [-0.2, 0) is 11.3 Å². The number of carbonyl (C=O) groups is 1. The van der Waals surface area contributed by atoms with Gasteiger partial charge in [-0.05, 0) is 18.2 Å². The fraction of sp³-hybridized carbons (Fsp3) is 0.0769. The molecule has 0 saturated heterocycles. The van der Waals surface area contributed by atoms with Gasteiger partial charge in [0.05, 0.1) is 6.20 Å². The summed E-state index contributed by atoms with van der Waals surface area (Å²) in [7, 11) is 0. The fourth-order valence-corrected chi connectivity index (χ4v) is 1.83. The van der Waals surface area contributed by atoms with Crippen molar-refractivity contribution in [2.75, 3.05) is 0 Å². The first-order chi connectivity index (χ1) is 10.7. The van der Waals surface area contributed by atoms with Crippen molar-refractivity contribution in [3.63, 3.8) is 0 Å². The number of rotatable bonds is 4. The average Bonchev–Trinajstić information content (AvgIpc) is 3.12. The number of carbonyl (C=O) groups excluding carboxylic acids is 1. The van der Waals surface area contributed by atoms with Crippen molar-refractivity contribution in [2.24, 2.45) is 0 Å². The number of nitrogens with one attached hydrogen (secondary N) is 1. The molecule has 0 unspecified atom stereocenters. The van der Waals surface area contributed by atoms with Crippen molar-refractivity contribution in [1.29, 1.82) is 0 Å². The number of hydrogen-bond donors (Lipinski definition) is 2. The van der Waals surface area contributed by atoms with Crippen molar-refractivity contribution in [3.8, 4) is 0 Å². The van der Waals surface area contributed by atoms with E-state index in [4.69, 9.17) is 9.62 Å². The van der Waals surface area contributed by atoms with Gasteiger partial charge in [0.25, 0.3) is 5.91 Å². The molecule has 9 heteroatoms. The molecular formula is C13H10FN5O3. The predicted octanol–water partition coefficient (Wildman–Crippen LogP) is 1.13.